The van der Waals surface area contributed by atoms with Gasteiger partial charge in [-0.3, -0.25) is 13.9 Å². The van der Waals surface area contributed by atoms with Crippen LogP contribution >= 0.6 is 0 Å². The Balaban J connectivity index is 1.37. The van der Waals surface area contributed by atoms with Gasteiger partial charge in [0.2, 0.25) is 5.91 Å². The van der Waals surface area contributed by atoms with Crippen LogP contribution in [0.25, 0.3) is 11.2 Å². The van der Waals surface area contributed by atoms with E-state index >= 15 is 0 Å². The van der Waals surface area contributed by atoms with Crippen LogP contribution in [0.2, 0.25) is 0 Å². The number of fused-ring (bicyclic) bond motifs is 1. The van der Waals surface area contributed by atoms with Crippen LogP contribution in [-0.4, -0.2) is 60.5 Å². The standard InChI is InChI=1S/C24H29N7O6/c1-14-11-18(33)30(22(14)34)8-7-17(32)26-12-15-3-5-16(6-4-15)13-31-21-19(27-24(31)35)20(25)28-23(29-21)37-10-9-36-2/h3-6,11,33-34H,7-10,12-13H2,1-2H3,(H,26,32)(H,27,35)(H2,25,28,29). The topological polar surface area (TPSA) is 183 Å². The second-order valence-electron chi connectivity index (χ2n) is 8.45. The summed E-state index contributed by atoms with van der Waals surface area (Å²) in [5, 5.41) is 22.6. The van der Waals surface area contributed by atoms with Crippen LogP contribution < -0.4 is 21.5 Å². The Kier molecular flexibility index (Phi) is 7.63. The van der Waals surface area contributed by atoms with Gasteiger partial charge < -0.3 is 35.7 Å². The Hall–Kier alpha value is -4.52. The quantitative estimate of drug-likeness (QED) is 0.183. The molecule has 4 rings (SSSR count). The van der Waals surface area contributed by atoms with E-state index in [0.29, 0.717) is 29.9 Å². The molecule has 0 fully saturated rings. The summed E-state index contributed by atoms with van der Waals surface area (Å²) >= 11 is 0. The molecule has 0 unspecified atom stereocenters. The maximum atomic E-state index is 12.6. The van der Waals surface area contributed by atoms with Gasteiger partial charge in [0.15, 0.2) is 23.2 Å². The van der Waals surface area contributed by atoms with Crippen LogP contribution in [0.4, 0.5) is 5.82 Å². The first kappa shape index (κ1) is 25.6. The molecule has 0 aliphatic heterocycles. The Morgan fingerprint density at radius 1 is 1.14 bits per heavy atom. The Morgan fingerprint density at radius 3 is 2.54 bits per heavy atom. The van der Waals surface area contributed by atoms with E-state index in [2.05, 4.69) is 20.3 Å². The van der Waals surface area contributed by atoms with Crippen molar-refractivity contribution in [3.8, 4) is 17.8 Å². The van der Waals surface area contributed by atoms with Gasteiger partial charge in [-0.05, 0) is 18.1 Å². The minimum Gasteiger partial charge on any atom is -0.494 e. The number of benzene rings is 1. The van der Waals surface area contributed by atoms with Crippen molar-refractivity contribution in [1.29, 1.82) is 0 Å². The molecule has 1 aromatic carbocycles. The third kappa shape index (κ3) is 5.83. The third-order valence-corrected chi connectivity index (χ3v) is 5.80. The molecular formula is C24H29N7O6. The molecule has 0 aliphatic rings. The van der Waals surface area contributed by atoms with Crippen molar-refractivity contribution >= 4 is 22.9 Å². The lowest BCUT2D eigenvalue weighted by atomic mass is 10.1. The molecule has 0 bridgehead atoms. The molecular weight excluding hydrogens is 482 g/mol. The van der Waals surface area contributed by atoms with Gasteiger partial charge in [0.25, 0.3) is 0 Å². The maximum absolute atomic E-state index is 12.6. The number of rotatable bonds is 11. The molecule has 3 aromatic heterocycles. The molecule has 0 atom stereocenters. The van der Waals surface area contributed by atoms with Crippen LogP contribution in [0.1, 0.15) is 23.1 Å². The van der Waals surface area contributed by atoms with E-state index in [1.54, 1.807) is 14.0 Å². The Bertz CT molecular complexity index is 1460. The molecule has 0 aliphatic carbocycles. The van der Waals surface area contributed by atoms with Crippen LogP contribution in [0.15, 0.2) is 35.1 Å². The van der Waals surface area contributed by atoms with Gasteiger partial charge in [-0.2, -0.15) is 9.97 Å². The summed E-state index contributed by atoms with van der Waals surface area (Å²) in [5.41, 5.74) is 8.51. The van der Waals surface area contributed by atoms with Crippen LogP contribution in [0.5, 0.6) is 17.8 Å². The molecule has 0 saturated carbocycles. The zero-order valence-corrected chi connectivity index (χ0v) is 20.5. The van der Waals surface area contributed by atoms with Crippen molar-refractivity contribution < 1.29 is 24.5 Å². The van der Waals surface area contributed by atoms with Gasteiger partial charge in [0, 0.05) is 38.2 Å². The molecule has 0 spiro atoms. The number of nitrogens with one attached hydrogen (secondary N) is 2. The van der Waals surface area contributed by atoms with Gasteiger partial charge in [0.05, 0.1) is 13.2 Å². The number of amides is 1. The third-order valence-electron chi connectivity index (χ3n) is 5.80. The number of hydrogen-bond donors (Lipinski definition) is 5. The predicted molar refractivity (Wildman–Crippen MR) is 134 cm³/mol. The van der Waals surface area contributed by atoms with Gasteiger partial charge in [-0.1, -0.05) is 24.3 Å². The summed E-state index contributed by atoms with van der Waals surface area (Å²) in [5.74, 6) is -0.257. The number of carbonyl (C=O) groups excluding carboxylic acids is 1. The fraction of sp³-hybridized carbons (Fsp3) is 0.333. The van der Waals surface area contributed by atoms with E-state index in [-0.39, 0.29) is 61.3 Å². The number of aryl methyl sites for hydroxylation is 1. The molecule has 6 N–H and O–H groups in total. The highest BCUT2D eigenvalue weighted by Gasteiger charge is 2.15. The maximum Gasteiger partial charge on any atom is 0.328 e. The number of nitrogens with zero attached hydrogens (tertiary/aromatic N) is 4. The summed E-state index contributed by atoms with van der Waals surface area (Å²) < 4.78 is 13.1. The number of anilines is 1. The highest BCUT2D eigenvalue weighted by molar-refractivity contribution is 5.82. The van der Waals surface area contributed by atoms with E-state index in [4.69, 9.17) is 15.2 Å². The van der Waals surface area contributed by atoms with Crippen LogP contribution in [0, 0.1) is 6.92 Å². The lowest BCUT2D eigenvalue weighted by Gasteiger charge is -2.09. The molecule has 37 heavy (non-hydrogen) atoms. The lowest BCUT2D eigenvalue weighted by molar-refractivity contribution is -0.121. The van der Waals surface area contributed by atoms with Crippen LogP contribution in [-0.2, 0) is 29.2 Å². The number of ether oxygens (including phenoxy) is 2. The first-order valence-electron chi connectivity index (χ1n) is 11.6. The highest BCUT2D eigenvalue weighted by atomic mass is 16.5. The molecule has 0 radical (unpaired) electrons. The minimum atomic E-state index is -0.378. The zero-order chi connectivity index (χ0) is 26.5. The molecule has 3 heterocycles. The summed E-state index contributed by atoms with van der Waals surface area (Å²) in [6.45, 7) is 2.97. The fourth-order valence-corrected chi connectivity index (χ4v) is 3.78. The van der Waals surface area contributed by atoms with Crippen molar-refractivity contribution in [2.75, 3.05) is 26.1 Å². The SMILES string of the molecule is COCCOc1nc(N)c2[nH]c(=O)n(Cc3ccc(CNC(=O)CCn4c(O)cc(C)c4O)cc3)c2n1. The van der Waals surface area contributed by atoms with E-state index < -0.39 is 0 Å². The van der Waals surface area contributed by atoms with Crippen molar-refractivity contribution in [2.24, 2.45) is 0 Å². The Labute approximate surface area is 211 Å². The number of aromatic hydroxyl groups is 2. The predicted octanol–water partition coefficient (Wildman–Crippen LogP) is 1.00. The van der Waals surface area contributed by atoms with Crippen molar-refractivity contribution in [1.82, 2.24) is 29.4 Å². The summed E-state index contributed by atoms with van der Waals surface area (Å²) in [7, 11) is 1.55. The number of methoxy groups -OCH3 is 1. The molecule has 13 nitrogen and oxygen atoms in total. The average molecular weight is 512 g/mol. The van der Waals surface area contributed by atoms with Gasteiger partial charge in [-0.15, -0.1) is 0 Å². The number of nitrogen functional groups attached to an aromatic ring is 1. The Morgan fingerprint density at radius 2 is 1.86 bits per heavy atom. The number of nitrogens with two attached hydrogens (primary N) is 1. The van der Waals surface area contributed by atoms with Gasteiger partial charge >= 0.3 is 11.7 Å². The number of hydrogen-bond acceptors (Lipinski definition) is 9. The number of aromatic amines is 1. The largest absolute Gasteiger partial charge is 0.494 e. The smallest absolute Gasteiger partial charge is 0.328 e. The number of imidazole rings is 1. The molecule has 0 saturated heterocycles. The van der Waals surface area contributed by atoms with Crippen molar-refractivity contribution in [3.63, 3.8) is 0 Å². The second-order valence-corrected chi connectivity index (χ2v) is 8.45. The number of carbonyl (C=O) groups is 1. The minimum absolute atomic E-state index is 0.0539. The highest BCUT2D eigenvalue weighted by Crippen LogP contribution is 2.26. The average Bonchev–Trinajstić information content (AvgIpc) is 3.31. The molecule has 196 valence electrons. The molecule has 13 heteroatoms. The lowest BCUT2D eigenvalue weighted by Crippen LogP contribution is -2.23. The van der Waals surface area contributed by atoms with Crippen molar-refractivity contribution in [2.45, 2.75) is 33.0 Å². The first-order valence-corrected chi connectivity index (χ1v) is 11.6. The van der Waals surface area contributed by atoms with E-state index in [1.807, 2.05) is 24.3 Å². The molecule has 4 aromatic rings. The van der Waals surface area contributed by atoms with Gasteiger partial charge in [-0.25, -0.2) is 4.79 Å². The molecule has 1 amide bonds. The number of aromatic nitrogens is 5. The van der Waals surface area contributed by atoms with Crippen LogP contribution in [0.3, 0.4) is 0 Å². The summed E-state index contributed by atoms with van der Waals surface area (Å²) in [6.07, 6.45) is 0.0962. The van der Waals surface area contributed by atoms with E-state index in [1.165, 1.54) is 15.2 Å². The summed E-state index contributed by atoms with van der Waals surface area (Å²) in [4.78, 5) is 35.9. The second kappa shape index (κ2) is 11.0. The number of H-pyrrole nitrogens is 1. The summed E-state index contributed by atoms with van der Waals surface area (Å²) in [6, 6.07) is 8.91. The fourth-order valence-electron chi connectivity index (χ4n) is 3.78. The van der Waals surface area contributed by atoms with E-state index in [9.17, 15) is 19.8 Å². The van der Waals surface area contributed by atoms with Crippen molar-refractivity contribution in [3.05, 3.63) is 57.5 Å². The monoisotopic (exact) mass is 511 g/mol. The van der Waals surface area contributed by atoms with E-state index in [0.717, 1.165) is 11.1 Å². The zero-order valence-electron chi connectivity index (χ0n) is 20.5. The normalized spacial score (nSPS) is 11.2. The first-order chi connectivity index (χ1) is 17.8. The van der Waals surface area contributed by atoms with Gasteiger partial charge in [0.1, 0.15) is 12.1 Å².